The lowest BCUT2D eigenvalue weighted by Crippen LogP contribution is -2.45. The minimum Gasteiger partial charge on any atom is -0.269 e. The van der Waals surface area contributed by atoms with E-state index in [-0.39, 0.29) is 17.2 Å². The van der Waals surface area contributed by atoms with Crippen LogP contribution >= 0.6 is 0 Å². The number of benzene rings is 1. The van der Waals surface area contributed by atoms with Crippen molar-refractivity contribution in [2.75, 3.05) is 0 Å². The number of hydrogen-bond donors (Lipinski definition) is 0. The summed E-state index contributed by atoms with van der Waals surface area (Å²) in [5, 5.41) is 0. The highest BCUT2D eigenvalue weighted by Gasteiger charge is 2.41. The molecule has 1 aromatic rings. The van der Waals surface area contributed by atoms with E-state index in [9.17, 15) is 9.59 Å². The molecule has 1 heterocycles. The first-order valence-electron chi connectivity index (χ1n) is 7.02. The first kappa shape index (κ1) is 14.8. The van der Waals surface area contributed by atoms with Crippen molar-refractivity contribution in [1.29, 1.82) is 0 Å². The predicted molar refractivity (Wildman–Crippen MR) is 79.9 cm³/mol. The molecule has 20 heavy (non-hydrogen) atoms. The van der Waals surface area contributed by atoms with Crippen LogP contribution in [0.25, 0.3) is 0 Å². The number of imide groups is 1. The summed E-state index contributed by atoms with van der Waals surface area (Å²) in [6.07, 6.45) is 0.886. The van der Waals surface area contributed by atoms with Crippen LogP contribution in [0.15, 0.2) is 18.2 Å². The number of amides is 2. The molecule has 1 aromatic carbocycles. The molecule has 3 nitrogen and oxygen atoms in total. The average molecular weight is 273 g/mol. The zero-order valence-electron chi connectivity index (χ0n) is 13.2. The second kappa shape index (κ2) is 4.44. The Morgan fingerprint density at radius 2 is 1.45 bits per heavy atom. The number of fused-ring (bicyclic) bond motifs is 1. The van der Waals surface area contributed by atoms with Crippen LogP contribution in [0.1, 0.15) is 67.8 Å². The first-order chi connectivity index (χ1) is 9.00. The SMILES string of the molecule is CC(C)(C)Cc1ccc2c(c1)C(=O)N(C(C)(C)C)C2=O. The molecular formula is C17H23NO2. The van der Waals surface area contributed by atoms with Gasteiger partial charge >= 0.3 is 0 Å². The summed E-state index contributed by atoms with van der Waals surface area (Å²) in [5.41, 5.74) is 1.85. The topological polar surface area (TPSA) is 37.4 Å². The van der Waals surface area contributed by atoms with Crippen LogP contribution in [0, 0.1) is 5.41 Å². The maximum absolute atomic E-state index is 12.5. The smallest absolute Gasteiger partial charge is 0.262 e. The zero-order valence-corrected chi connectivity index (χ0v) is 13.2. The molecular weight excluding hydrogens is 250 g/mol. The number of hydrogen-bond acceptors (Lipinski definition) is 2. The first-order valence-corrected chi connectivity index (χ1v) is 7.02. The van der Waals surface area contributed by atoms with Crippen LogP contribution < -0.4 is 0 Å². The summed E-state index contributed by atoms with van der Waals surface area (Å²) in [4.78, 5) is 26.2. The van der Waals surface area contributed by atoms with Gasteiger partial charge in [0.2, 0.25) is 0 Å². The van der Waals surface area contributed by atoms with Crippen LogP contribution in [-0.2, 0) is 6.42 Å². The van der Waals surface area contributed by atoms with Gasteiger partial charge in [-0.05, 0) is 50.3 Å². The van der Waals surface area contributed by atoms with E-state index in [0.29, 0.717) is 11.1 Å². The van der Waals surface area contributed by atoms with Gasteiger partial charge in [0.25, 0.3) is 11.8 Å². The van der Waals surface area contributed by atoms with Crippen molar-refractivity contribution in [3.63, 3.8) is 0 Å². The van der Waals surface area contributed by atoms with Gasteiger partial charge in [0, 0.05) is 5.54 Å². The van der Waals surface area contributed by atoms with Crippen molar-refractivity contribution in [3.8, 4) is 0 Å². The Hall–Kier alpha value is -1.64. The van der Waals surface area contributed by atoms with E-state index in [4.69, 9.17) is 0 Å². The van der Waals surface area contributed by atoms with Crippen LogP contribution in [0.3, 0.4) is 0 Å². The minimum absolute atomic E-state index is 0.156. The fourth-order valence-electron chi connectivity index (χ4n) is 2.62. The molecule has 0 saturated heterocycles. The van der Waals surface area contributed by atoms with Crippen LogP contribution in [0.4, 0.5) is 0 Å². The molecule has 0 saturated carbocycles. The van der Waals surface area contributed by atoms with E-state index in [1.54, 1.807) is 6.07 Å². The molecule has 0 radical (unpaired) electrons. The Kier molecular flexibility index (Phi) is 3.28. The number of carbonyl (C=O) groups excluding carboxylic acids is 2. The van der Waals surface area contributed by atoms with E-state index in [0.717, 1.165) is 12.0 Å². The summed E-state index contributed by atoms with van der Waals surface area (Å²) in [5.74, 6) is -0.354. The largest absolute Gasteiger partial charge is 0.269 e. The average Bonchev–Trinajstić information content (AvgIpc) is 2.48. The van der Waals surface area contributed by atoms with Crippen molar-refractivity contribution in [3.05, 3.63) is 34.9 Å². The summed E-state index contributed by atoms with van der Waals surface area (Å²) < 4.78 is 0. The molecule has 0 unspecified atom stereocenters. The van der Waals surface area contributed by atoms with Crippen molar-refractivity contribution in [2.45, 2.75) is 53.5 Å². The second-order valence-electron chi connectivity index (χ2n) is 7.73. The molecule has 0 aliphatic carbocycles. The molecule has 0 aromatic heterocycles. The monoisotopic (exact) mass is 273 g/mol. The van der Waals surface area contributed by atoms with E-state index in [1.165, 1.54) is 4.90 Å². The van der Waals surface area contributed by atoms with Gasteiger partial charge in [-0.2, -0.15) is 0 Å². The maximum Gasteiger partial charge on any atom is 0.262 e. The molecule has 1 aliphatic rings. The molecule has 0 bridgehead atoms. The van der Waals surface area contributed by atoms with Gasteiger partial charge in [-0.15, -0.1) is 0 Å². The van der Waals surface area contributed by atoms with E-state index in [2.05, 4.69) is 20.8 Å². The Morgan fingerprint density at radius 3 is 1.95 bits per heavy atom. The fourth-order valence-corrected chi connectivity index (χ4v) is 2.62. The molecule has 0 fully saturated rings. The molecule has 108 valence electrons. The molecule has 0 N–H and O–H groups in total. The van der Waals surface area contributed by atoms with Crippen LogP contribution in [0.2, 0.25) is 0 Å². The van der Waals surface area contributed by atoms with Crippen molar-refractivity contribution >= 4 is 11.8 Å². The Morgan fingerprint density at radius 1 is 0.900 bits per heavy atom. The van der Waals surface area contributed by atoms with E-state index >= 15 is 0 Å². The highest BCUT2D eigenvalue weighted by atomic mass is 16.2. The van der Waals surface area contributed by atoms with Gasteiger partial charge in [-0.3, -0.25) is 14.5 Å². The second-order valence-corrected chi connectivity index (χ2v) is 7.73. The van der Waals surface area contributed by atoms with Crippen molar-refractivity contribution in [1.82, 2.24) is 4.90 Å². The van der Waals surface area contributed by atoms with Gasteiger partial charge in [0.1, 0.15) is 0 Å². The molecule has 0 spiro atoms. The van der Waals surface area contributed by atoms with Gasteiger partial charge in [-0.25, -0.2) is 0 Å². The minimum atomic E-state index is -0.489. The molecule has 1 aliphatic heterocycles. The van der Waals surface area contributed by atoms with Gasteiger partial charge < -0.3 is 0 Å². The standard InChI is InChI=1S/C17H23NO2/c1-16(2,3)10-11-7-8-12-13(9-11)15(20)18(14(12)19)17(4,5)6/h7-9H,10H2,1-6H3. The highest BCUT2D eigenvalue weighted by molar-refractivity contribution is 6.21. The molecule has 2 amide bonds. The van der Waals surface area contributed by atoms with E-state index < -0.39 is 5.54 Å². The third-order valence-corrected chi connectivity index (χ3v) is 3.36. The number of rotatable bonds is 1. The molecule has 3 heteroatoms. The quantitative estimate of drug-likeness (QED) is 0.732. The van der Waals surface area contributed by atoms with Crippen LogP contribution in [0.5, 0.6) is 0 Å². The summed E-state index contributed by atoms with van der Waals surface area (Å²) >= 11 is 0. The molecule has 0 atom stereocenters. The van der Waals surface area contributed by atoms with Crippen molar-refractivity contribution < 1.29 is 9.59 Å². The third kappa shape index (κ3) is 2.62. The number of carbonyl (C=O) groups is 2. The normalized spacial score (nSPS) is 15.8. The highest BCUT2D eigenvalue weighted by Crippen LogP contribution is 2.31. The lowest BCUT2D eigenvalue weighted by atomic mass is 9.87. The van der Waals surface area contributed by atoms with Crippen LogP contribution in [-0.4, -0.2) is 22.3 Å². The van der Waals surface area contributed by atoms with Gasteiger partial charge in [-0.1, -0.05) is 26.8 Å². The predicted octanol–water partition coefficient (Wildman–Crippen LogP) is 3.67. The number of nitrogens with zero attached hydrogens (tertiary/aromatic N) is 1. The zero-order chi connectivity index (χ0) is 15.3. The Labute approximate surface area is 121 Å². The van der Waals surface area contributed by atoms with E-state index in [1.807, 2.05) is 32.9 Å². The van der Waals surface area contributed by atoms with Gasteiger partial charge in [0.15, 0.2) is 0 Å². The Balaban J connectivity index is 2.42. The summed E-state index contributed by atoms with van der Waals surface area (Å²) in [7, 11) is 0. The van der Waals surface area contributed by atoms with Gasteiger partial charge in [0.05, 0.1) is 11.1 Å². The fraction of sp³-hybridized carbons (Fsp3) is 0.529. The summed E-state index contributed by atoms with van der Waals surface area (Å²) in [6.45, 7) is 12.1. The van der Waals surface area contributed by atoms with Crippen molar-refractivity contribution in [2.24, 2.45) is 5.41 Å². The Bertz CT molecular complexity index is 574. The lowest BCUT2D eigenvalue weighted by molar-refractivity contribution is 0.0508. The summed E-state index contributed by atoms with van der Waals surface area (Å²) in [6, 6.07) is 5.64. The third-order valence-electron chi connectivity index (χ3n) is 3.36. The maximum atomic E-state index is 12.5. The molecule has 2 rings (SSSR count). The lowest BCUT2D eigenvalue weighted by Gasteiger charge is -2.29.